The highest BCUT2D eigenvalue weighted by atomic mass is 35.7. The van der Waals surface area contributed by atoms with Gasteiger partial charge in [0.05, 0.1) is 10.6 Å². The first-order chi connectivity index (χ1) is 9.27. The summed E-state index contributed by atoms with van der Waals surface area (Å²) < 4.78 is 55.8. The lowest BCUT2D eigenvalue weighted by Gasteiger charge is -2.08. The van der Waals surface area contributed by atoms with Crippen molar-refractivity contribution in [1.82, 2.24) is 9.78 Å². The van der Waals surface area contributed by atoms with Crippen LogP contribution in [0, 0.1) is 11.6 Å². The van der Waals surface area contributed by atoms with Gasteiger partial charge in [0.2, 0.25) is 0 Å². The zero-order valence-electron chi connectivity index (χ0n) is 10.2. The first kappa shape index (κ1) is 14.7. The standard InChI is InChI=1S/C11H9ClF2N2O3S/c1-16-3-2-7(15-16)6-19-11-9(13)4-8(5-10(11)14)20(12,17)18/h2-5H,6H2,1H3. The summed E-state index contributed by atoms with van der Waals surface area (Å²) in [7, 11) is 2.49. The lowest BCUT2D eigenvalue weighted by molar-refractivity contribution is 0.268. The molecule has 0 aliphatic carbocycles. The van der Waals surface area contributed by atoms with Gasteiger partial charge in [-0.15, -0.1) is 0 Å². The van der Waals surface area contributed by atoms with Crippen molar-refractivity contribution >= 4 is 19.7 Å². The van der Waals surface area contributed by atoms with Crippen LogP contribution in [0.3, 0.4) is 0 Å². The number of aromatic nitrogens is 2. The molecule has 1 heterocycles. The first-order valence-electron chi connectivity index (χ1n) is 5.32. The summed E-state index contributed by atoms with van der Waals surface area (Å²) in [6.07, 6.45) is 1.65. The molecule has 0 saturated carbocycles. The number of nitrogens with zero attached hydrogens (tertiary/aromatic N) is 2. The SMILES string of the molecule is Cn1ccc(COc2c(F)cc(S(=O)(=O)Cl)cc2F)n1. The fourth-order valence-electron chi connectivity index (χ4n) is 1.50. The molecule has 2 rings (SSSR count). The molecule has 2 aromatic rings. The highest BCUT2D eigenvalue weighted by Gasteiger charge is 2.19. The molecule has 9 heteroatoms. The Morgan fingerprint density at radius 2 is 1.95 bits per heavy atom. The van der Waals surface area contributed by atoms with E-state index in [2.05, 4.69) is 5.10 Å². The topological polar surface area (TPSA) is 61.2 Å². The van der Waals surface area contributed by atoms with E-state index in [-0.39, 0.29) is 6.61 Å². The van der Waals surface area contributed by atoms with Crippen LogP contribution in [-0.4, -0.2) is 18.2 Å². The van der Waals surface area contributed by atoms with Crippen LogP contribution in [0.1, 0.15) is 5.69 Å². The molecule has 20 heavy (non-hydrogen) atoms. The van der Waals surface area contributed by atoms with Crippen molar-refractivity contribution in [3.8, 4) is 5.75 Å². The molecular formula is C11H9ClF2N2O3S. The van der Waals surface area contributed by atoms with E-state index < -0.39 is 31.3 Å². The molecule has 0 N–H and O–H groups in total. The fourth-order valence-corrected chi connectivity index (χ4v) is 2.26. The third-order valence-corrected chi connectivity index (χ3v) is 3.72. The van der Waals surface area contributed by atoms with Crippen LogP contribution in [-0.2, 0) is 22.7 Å². The lowest BCUT2D eigenvalue weighted by Crippen LogP contribution is -2.03. The summed E-state index contributed by atoms with van der Waals surface area (Å²) >= 11 is 0. The Morgan fingerprint density at radius 3 is 2.40 bits per heavy atom. The van der Waals surface area contributed by atoms with Gasteiger partial charge in [0.1, 0.15) is 6.61 Å². The van der Waals surface area contributed by atoms with Crippen LogP contribution < -0.4 is 4.74 Å². The van der Waals surface area contributed by atoms with Crippen LogP contribution in [0.4, 0.5) is 8.78 Å². The van der Waals surface area contributed by atoms with Gasteiger partial charge in [-0.2, -0.15) is 5.10 Å². The van der Waals surface area contributed by atoms with Gasteiger partial charge in [-0.3, -0.25) is 4.68 Å². The summed E-state index contributed by atoms with van der Waals surface area (Å²) in [5.74, 6) is -2.99. The molecule has 108 valence electrons. The molecule has 0 radical (unpaired) electrons. The quantitative estimate of drug-likeness (QED) is 0.810. The Balaban J connectivity index is 2.25. The third-order valence-electron chi connectivity index (χ3n) is 2.39. The number of hydrogen-bond donors (Lipinski definition) is 0. The van der Waals surface area contributed by atoms with Gasteiger partial charge in [0, 0.05) is 23.9 Å². The molecule has 0 spiro atoms. The minimum atomic E-state index is -4.21. The molecular weight excluding hydrogens is 314 g/mol. The molecule has 0 aliphatic heterocycles. The van der Waals surface area contributed by atoms with Gasteiger partial charge in [-0.05, 0) is 18.2 Å². The Hall–Kier alpha value is -1.67. The number of benzene rings is 1. The molecule has 5 nitrogen and oxygen atoms in total. The maximum absolute atomic E-state index is 13.6. The molecule has 1 aromatic heterocycles. The number of aryl methyl sites for hydroxylation is 1. The van der Waals surface area contributed by atoms with Gasteiger partial charge in [-0.25, -0.2) is 17.2 Å². The fraction of sp³-hybridized carbons (Fsp3) is 0.182. The minimum Gasteiger partial charge on any atom is -0.481 e. The zero-order valence-corrected chi connectivity index (χ0v) is 11.8. The van der Waals surface area contributed by atoms with Crippen molar-refractivity contribution in [2.24, 2.45) is 7.05 Å². The zero-order chi connectivity index (χ0) is 14.9. The third kappa shape index (κ3) is 3.26. The van der Waals surface area contributed by atoms with E-state index in [0.29, 0.717) is 17.8 Å². The number of ether oxygens (including phenoxy) is 1. The van der Waals surface area contributed by atoms with E-state index in [9.17, 15) is 17.2 Å². The van der Waals surface area contributed by atoms with Gasteiger partial charge in [0.25, 0.3) is 9.05 Å². The summed E-state index contributed by atoms with van der Waals surface area (Å²) in [6, 6.07) is 2.81. The van der Waals surface area contributed by atoms with E-state index in [1.165, 1.54) is 4.68 Å². The summed E-state index contributed by atoms with van der Waals surface area (Å²) in [6.45, 7) is -0.151. The van der Waals surface area contributed by atoms with Crippen molar-refractivity contribution in [1.29, 1.82) is 0 Å². The second-order valence-corrected chi connectivity index (χ2v) is 6.49. The number of halogens is 3. The van der Waals surface area contributed by atoms with Crippen molar-refractivity contribution in [3.05, 3.63) is 41.7 Å². The van der Waals surface area contributed by atoms with Gasteiger partial charge in [-0.1, -0.05) is 0 Å². The van der Waals surface area contributed by atoms with Gasteiger partial charge in [0.15, 0.2) is 17.4 Å². The molecule has 0 aliphatic rings. The van der Waals surface area contributed by atoms with E-state index in [0.717, 1.165) is 0 Å². The highest BCUT2D eigenvalue weighted by Crippen LogP contribution is 2.27. The summed E-state index contributed by atoms with van der Waals surface area (Å²) in [4.78, 5) is -0.667. The van der Waals surface area contributed by atoms with E-state index >= 15 is 0 Å². The molecule has 0 atom stereocenters. The van der Waals surface area contributed by atoms with Crippen LogP contribution >= 0.6 is 10.7 Å². The molecule has 0 bridgehead atoms. The molecule has 0 unspecified atom stereocenters. The van der Waals surface area contributed by atoms with E-state index in [1.54, 1.807) is 19.3 Å². The smallest absolute Gasteiger partial charge is 0.261 e. The average Bonchev–Trinajstić information content (AvgIpc) is 2.72. The second-order valence-electron chi connectivity index (χ2n) is 3.92. The van der Waals surface area contributed by atoms with Crippen molar-refractivity contribution in [3.63, 3.8) is 0 Å². The van der Waals surface area contributed by atoms with Crippen molar-refractivity contribution in [2.45, 2.75) is 11.5 Å². The maximum atomic E-state index is 13.6. The Labute approximate surface area is 118 Å². The number of hydrogen-bond acceptors (Lipinski definition) is 4. The second kappa shape index (κ2) is 5.37. The van der Waals surface area contributed by atoms with Crippen molar-refractivity contribution < 1.29 is 21.9 Å². The molecule has 0 fully saturated rings. The first-order valence-corrected chi connectivity index (χ1v) is 7.63. The predicted molar refractivity (Wildman–Crippen MR) is 66.9 cm³/mol. The van der Waals surface area contributed by atoms with Gasteiger partial charge >= 0.3 is 0 Å². The van der Waals surface area contributed by atoms with Crippen molar-refractivity contribution in [2.75, 3.05) is 0 Å². The van der Waals surface area contributed by atoms with E-state index in [4.69, 9.17) is 15.4 Å². The predicted octanol–water partition coefficient (Wildman–Crippen LogP) is 2.20. The van der Waals surface area contributed by atoms with Crippen LogP contribution in [0.25, 0.3) is 0 Å². The molecule has 0 amide bonds. The van der Waals surface area contributed by atoms with Crippen LogP contribution in [0.15, 0.2) is 29.3 Å². The number of rotatable bonds is 4. The summed E-state index contributed by atoms with van der Waals surface area (Å²) in [5.41, 5.74) is 0.473. The Kier molecular flexibility index (Phi) is 3.96. The summed E-state index contributed by atoms with van der Waals surface area (Å²) in [5, 5.41) is 3.97. The van der Waals surface area contributed by atoms with Crippen LogP contribution in [0.5, 0.6) is 5.75 Å². The lowest BCUT2D eigenvalue weighted by atomic mass is 10.3. The molecule has 1 aromatic carbocycles. The monoisotopic (exact) mass is 322 g/mol. The van der Waals surface area contributed by atoms with Gasteiger partial charge < -0.3 is 4.74 Å². The highest BCUT2D eigenvalue weighted by molar-refractivity contribution is 8.13. The average molecular weight is 323 g/mol. The normalized spacial score (nSPS) is 11.6. The Bertz CT molecular complexity index is 723. The largest absolute Gasteiger partial charge is 0.481 e. The van der Waals surface area contributed by atoms with E-state index in [1.807, 2.05) is 0 Å². The Morgan fingerprint density at radius 1 is 1.35 bits per heavy atom. The maximum Gasteiger partial charge on any atom is 0.261 e. The minimum absolute atomic E-state index is 0.151. The van der Waals surface area contributed by atoms with Crippen LogP contribution in [0.2, 0.25) is 0 Å². The molecule has 0 saturated heterocycles.